The zero-order chi connectivity index (χ0) is 15.0. The van der Waals surface area contributed by atoms with Crippen LogP contribution in [0.2, 0.25) is 5.02 Å². The van der Waals surface area contributed by atoms with Gasteiger partial charge in [-0.3, -0.25) is 4.79 Å². The number of amides is 1. The Kier molecular flexibility index (Phi) is 7.12. The van der Waals surface area contributed by atoms with Crippen LogP contribution in [0.1, 0.15) is 19.4 Å². The Hall–Kier alpha value is -1.52. The summed E-state index contributed by atoms with van der Waals surface area (Å²) in [6.45, 7) is 8.72. The monoisotopic (exact) mass is 296 g/mol. The lowest BCUT2D eigenvalue weighted by atomic mass is 10.2. The topological polar surface area (TPSA) is 50.4 Å². The van der Waals surface area contributed by atoms with E-state index in [4.69, 9.17) is 16.3 Å². The molecule has 1 amide bonds. The van der Waals surface area contributed by atoms with E-state index in [9.17, 15) is 4.79 Å². The van der Waals surface area contributed by atoms with E-state index in [1.807, 2.05) is 6.07 Å². The number of rotatable bonds is 8. The van der Waals surface area contributed by atoms with Gasteiger partial charge in [-0.2, -0.15) is 0 Å². The van der Waals surface area contributed by atoms with Crippen LogP contribution < -0.4 is 15.4 Å². The molecule has 1 aromatic carbocycles. The van der Waals surface area contributed by atoms with Gasteiger partial charge in [0.05, 0.1) is 0 Å². The molecule has 0 aliphatic rings. The van der Waals surface area contributed by atoms with E-state index < -0.39 is 0 Å². The lowest BCUT2D eigenvalue weighted by Gasteiger charge is -2.14. The lowest BCUT2D eigenvalue weighted by Crippen LogP contribution is -2.29. The number of nitrogens with one attached hydrogen (secondary N) is 2. The van der Waals surface area contributed by atoms with Gasteiger partial charge in [0.2, 0.25) is 0 Å². The molecule has 1 aromatic rings. The van der Waals surface area contributed by atoms with Gasteiger partial charge in [0, 0.05) is 29.7 Å². The molecule has 0 heterocycles. The first kappa shape index (κ1) is 16.5. The molecule has 0 bridgehead atoms. The second kappa shape index (κ2) is 8.61. The summed E-state index contributed by atoms with van der Waals surface area (Å²) in [5.74, 6) is 0.485. The summed E-state index contributed by atoms with van der Waals surface area (Å²) in [7, 11) is 0. The highest BCUT2D eigenvalue weighted by Gasteiger charge is 2.08. The van der Waals surface area contributed by atoms with Crippen LogP contribution in [0.25, 0.3) is 0 Å². The molecule has 5 heteroatoms. The molecule has 0 fully saturated rings. The van der Waals surface area contributed by atoms with E-state index in [1.54, 1.807) is 18.2 Å². The second-order valence-electron chi connectivity index (χ2n) is 4.67. The van der Waals surface area contributed by atoms with Crippen LogP contribution in [0, 0.1) is 0 Å². The maximum atomic E-state index is 11.5. The Morgan fingerprint density at radius 2 is 2.25 bits per heavy atom. The largest absolute Gasteiger partial charge is 0.483 e. The van der Waals surface area contributed by atoms with Crippen molar-refractivity contribution in [2.45, 2.75) is 26.4 Å². The van der Waals surface area contributed by atoms with Gasteiger partial charge in [-0.1, -0.05) is 31.5 Å². The fourth-order valence-electron chi connectivity index (χ4n) is 1.52. The highest BCUT2D eigenvalue weighted by Crippen LogP contribution is 2.23. The Labute approximate surface area is 125 Å². The van der Waals surface area contributed by atoms with Crippen LogP contribution in [-0.4, -0.2) is 25.1 Å². The van der Waals surface area contributed by atoms with E-state index in [1.165, 1.54) is 0 Å². The molecular weight excluding hydrogens is 276 g/mol. The van der Waals surface area contributed by atoms with Gasteiger partial charge in [-0.05, 0) is 18.2 Å². The minimum absolute atomic E-state index is 0.0237. The summed E-state index contributed by atoms with van der Waals surface area (Å²) in [5, 5.41) is 6.61. The number of hydrogen-bond donors (Lipinski definition) is 2. The van der Waals surface area contributed by atoms with Crippen molar-refractivity contribution in [2.24, 2.45) is 0 Å². The molecule has 0 unspecified atom stereocenters. The Morgan fingerprint density at radius 1 is 1.50 bits per heavy atom. The standard InChI is InChI=1S/C15H21ClN2O2/c1-4-7-17-15(19)10-20-14-6-5-13(16)8-12(14)9-18-11(2)3/h4-6,8,11,18H,1,7,9-10H2,2-3H3,(H,17,19). The summed E-state index contributed by atoms with van der Waals surface area (Å²) in [6.07, 6.45) is 1.62. The Balaban J connectivity index is 2.63. The molecule has 2 N–H and O–H groups in total. The van der Waals surface area contributed by atoms with Gasteiger partial charge in [0.1, 0.15) is 5.75 Å². The van der Waals surface area contributed by atoms with E-state index in [2.05, 4.69) is 31.1 Å². The quantitative estimate of drug-likeness (QED) is 0.725. The molecule has 0 saturated heterocycles. The predicted octanol–water partition coefficient (Wildman–Crippen LogP) is 2.52. The van der Waals surface area contributed by atoms with Gasteiger partial charge in [-0.25, -0.2) is 0 Å². The zero-order valence-corrected chi connectivity index (χ0v) is 12.7. The first-order chi connectivity index (χ1) is 9.52. The minimum atomic E-state index is -0.178. The van der Waals surface area contributed by atoms with E-state index in [0.29, 0.717) is 29.9 Å². The molecule has 0 saturated carbocycles. The van der Waals surface area contributed by atoms with Crippen LogP contribution in [0.5, 0.6) is 5.75 Å². The highest BCUT2D eigenvalue weighted by molar-refractivity contribution is 6.30. The molecule has 4 nitrogen and oxygen atoms in total. The van der Waals surface area contributed by atoms with Crippen molar-refractivity contribution in [2.75, 3.05) is 13.2 Å². The minimum Gasteiger partial charge on any atom is -0.483 e. The fourth-order valence-corrected chi connectivity index (χ4v) is 1.72. The average Bonchev–Trinajstić information content (AvgIpc) is 2.41. The molecule has 110 valence electrons. The number of ether oxygens (including phenoxy) is 1. The van der Waals surface area contributed by atoms with Gasteiger partial charge in [0.15, 0.2) is 6.61 Å². The summed E-state index contributed by atoms with van der Waals surface area (Å²) in [5.41, 5.74) is 0.933. The molecule has 0 aliphatic carbocycles. The van der Waals surface area contributed by atoms with E-state index >= 15 is 0 Å². The van der Waals surface area contributed by atoms with Crippen LogP contribution in [-0.2, 0) is 11.3 Å². The highest BCUT2D eigenvalue weighted by atomic mass is 35.5. The predicted molar refractivity (Wildman–Crippen MR) is 82.1 cm³/mol. The van der Waals surface area contributed by atoms with Crippen molar-refractivity contribution in [1.82, 2.24) is 10.6 Å². The summed E-state index contributed by atoms with van der Waals surface area (Å²) in [4.78, 5) is 11.5. The van der Waals surface area contributed by atoms with Crippen molar-refractivity contribution in [3.05, 3.63) is 41.4 Å². The SMILES string of the molecule is C=CCNC(=O)COc1ccc(Cl)cc1CNC(C)C. The summed E-state index contributed by atoms with van der Waals surface area (Å²) in [6, 6.07) is 5.73. The normalized spacial score (nSPS) is 10.4. The van der Waals surface area contributed by atoms with E-state index in [0.717, 1.165) is 5.56 Å². The van der Waals surface area contributed by atoms with Gasteiger partial charge < -0.3 is 15.4 Å². The number of carbonyl (C=O) groups excluding carboxylic acids is 1. The molecule has 0 spiro atoms. The molecule has 0 aromatic heterocycles. The lowest BCUT2D eigenvalue weighted by molar-refractivity contribution is -0.122. The number of halogens is 1. The molecule has 0 atom stereocenters. The zero-order valence-electron chi connectivity index (χ0n) is 11.9. The van der Waals surface area contributed by atoms with Crippen LogP contribution in [0.4, 0.5) is 0 Å². The van der Waals surface area contributed by atoms with Gasteiger partial charge >= 0.3 is 0 Å². The van der Waals surface area contributed by atoms with Crippen molar-refractivity contribution in [3.63, 3.8) is 0 Å². The third kappa shape index (κ3) is 6.08. The molecule has 0 radical (unpaired) electrons. The second-order valence-corrected chi connectivity index (χ2v) is 5.11. The van der Waals surface area contributed by atoms with Crippen molar-refractivity contribution in [1.29, 1.82) is 0 Å². The van der Waals surface area contributed by atoms with Crippen molar-refractivity contribution in [3.8, 4) is 5.75 Å². The van der Waals surface area contributed by atoms with Crippen LogP contribution in [0.15, 0.2) is 30.9 Å². The van der Waals surface area contributed by atoms with Gasteiger partial charge in [-0.15, -0.1) is 6.58 Å². The summed E-state index contributed by atoms with van der Waals surface area (Å²) >= 11 is 5.99. The molecular formula is C15H21ClN2O2. The van der Waals surface area contributed by atoms with Crippen LogP contribution in [0.3, 0.4) is 0 Å². The molecule has 0 aliphatic heterocycles. The first-order valence-electron chi connectivity index (χ1n) is 6.55. The number of carbonyl (C=O) groups is 1. The maximum Gasteiger partial charge on any atom is 0.258 e. The number of hydrogen-bond acceptors (Lipinski definition) is 3. The fraction of sp³-hybridized carbons (Fsp3) is 0.400. The average molecular weight is 297 g/mol. The Bertz CT molecular complexity index is 461. The molecule has 1 rings (SSSR count). The molecule has 20 heavy (non-hydrogen) atoms. The maximum absolute atomic E-state index is 11.5. The number of benzene rings is 1. The smallest absolute Gasteiger partial charge is 0.258 e. The van der Waals surface area contributed by atoms with Crippen molar-refractivity contribution >= 4 is 17.5 Å². The Morgan fingerprint density at radius 3 is 2.90 bits per heavy atom. The van der Waals surface area contributed by atoms with E-state index in [-0.39, 0.29) is 12.5 Å². The van der Waals surface area contributed by atoms with Crippen molar-refractivity contribution < 1.29 is 9.53 Å². The summed E-state index contributed by atoms with van der Waals surface area (Å²) < 4.78 is 5.54. The first-order valence-corrected chi connectivity index (χ1v) is 6.93. The third-order valence-electron chi connectivity index (χ3n) is 2.53. The third-order valence-corrected chi connectivity index (χ3v) is 2.76. The van der Waals surface area contributed by atoms with Crippen LogP contribution >= 0.6 is 11.6 Å². The van der Waals surface area contributed by atoms with Gasteiger partial charge in [0.25, 0.3) is 5.91 Å².